The second-order valence-electron chi connectivity index (χ2n) is 3.73. The highest BCUT2D eigenvalue weighted by atomic mass is 19.3. The second-order valence-corrected chi connectivity index (χ2v) is 3.73. The van der Waals surface area contributed by atoms with E-state index in [2.05, 4.69) is 13.2 Å². The lowest BCUT2D eigenvalue weighted by Gasteiger charge is -2.25. The molecule has 0 heterocycles. The van der Waals surface area contributed by atoms with Crippen molar-refractivity contribution < 1.29 is 18.7 Å². The number of rotatable bonds is 10. The molecule has 0 rings (SSSR count). The van der Waals surface area contributed by atoms with Crippen LogP contribution in [0.25, 0.3) is 0 Å². The molecule has 0 unspecified atom stereocenters. The molecule has 0 fully saturated rings. The van der Waals surface area contributed by atoms with Crippen molar-refractivity contribution in [3.8, 4) is 0 Å². The van der Waals surface area contributed by atoms with Gasteiger partial charge < -0.3 is 10.0 Å². The average molecular weight is 262 g/mol. The summed E-state index contributed by atoms with van der Waals surface area (Å²) in [5, 5.41) is 8.76. The van der Waals surface area contributed by atoms with Gasteiger partial charge in [-0.25, -0.2) is 8.78 Å². The molecule has 0 aromatic rings. The summed E-state index contributed by atoms with van der Waals surface area (Å²) in [6.07, 6.45) is 0.590. The molecular weight excluding hydrogens is 242 g/mol. The Morgan fingerprint density at radius 3 is 2.22 bits per heavy atom. The largest absolute Gasteiger partial charge is 0.395 e. The van der Waals surface area contributed by atoms with Crippen LogP contribution < -0.4 is 0 Å². The summed E-state index contributed by atoms with van der Waals surface area (Å²) in [7, 11) is 0. The molecule has 0 spiro atoms. The van der Waals surface area contributed by atoms with Gasteiger partial charge in [0.05, 0.1) is 19.7 Å². The topological polar surface area (TPSA) is 43.8 Å². The predicted octanol–water partition coefficient (Wildman–Crippen LogP) is 0.746. The third-order valence-corrected chi connectivity index (χ3v) is 2.22. The Balaban J connectivity index is 4.42. The zero-order valence-electron chi connectivity index (χ0n) is 10.4. The molecule has 1 amide bonds. The van der Waals surface area contributed by atoms with Crippen LogP contribution in [0.1, 0.15) is 0 Å². The molecule has 18 heavy (non-hydrogen) atoms. The van der Waals surface area contributed by atoms with E-state index in [0.29, 0.717) is 13.1 Å². The van der Waals surface area contributed by atoms with Crippen molar-refractivity contribution in [3.63, 3.8) is 0 Å². The Hall–Kier alpha value is -1.27. The number of carbonyl (C=O) groups is 1. The van der Waals surface area contributed by atoms with Crippen molar-refractivity contribution in [1.82, 2.24) is 9.80 Å². The first-order valence-electron chi connectivity index (χ1n) is 5.66. The van der Waals surface area contributed by atoms with Gasteiger partial charge in [-0.05, 0) is 0 Å². The highest BCUT2D eigenvalue weighted by Crippen LogP contribution is 2.00. The van der Waals surface area contributed by atoms with Gasteiger partial charge >= 0.3 is 0 Å². The van der Waals surface area contributed by atoms with Gasteiger partial charge in [0.15, 0.2) is 0 Å². The predicted molar refractivity (Wildman–Crippen MR) is 66.5 cm³/mol. The van der Waals surface area contributed by atoms with Crippen LogP contribution >= 0.6 is 0 Å². The maximum Gasteiger partial charge on any atom is 0.251 e. The van der Waals surface area contributed by atoms with Crippen molar-refractivity contribution in [3.05, 3.63) is 25.3 Å². The standard InChI is InChI=1S/C12H20F2N2O2/c1-3-5-16(6-4-2)12(18)10-15(7-8-17)9-11(13)14/h3-4,11,17H,1-2,5-10H2. The van der Waals surface area contributed by atoms with E-state index in [4.69, 9.17) is 5.11 Å². The van der Waals surface area contributed by atoms with Crippen molar-refractivity contribution in [2.75, 3.05) is 39.3 Å². The van der Waals surface area contributed by atoms with Crippen molar-refractivity contribution >= 4 is 5.91 Å². The number of aliphatic hydroxyl groups is 1. The number of carbonyl (C=O) groups excluding carboxylic acids is 1. The molecule has 0 saturated carbocycles. The van der Waals surface area contributed by atoms with Crippen LogP contribution in [0.3, 0.4) is 0 Å². The molecule has 0 radical (unpaired) electrons. The van der Waals surface area contributed by atoms with E-state index >= 15 is 0 Å². The molecule has 0 aromatic carbocycles. The minimum Gasteiger partial charge on any atom is -0.395 e. The monoisotopic (exact) mass is 262 g/mol. The molecule has 104 valence electrons. The van der Waals surface area contributed by atoms with E-state index in [1.54, 1.807) is 12.2 Å². The number of alkyl halides is 2. The van der Waals surface area contributed by atoms with Gasteiger partial charge in [0.2, 0.25) is 5.91 Å². The first-order chi connectivity index (χ1) is 8.54. The molecule has 0 aromatic heterocycles. The van der Waals surface area contributed by atoms with E-state index in [1.807, 2.05) is 0 Å². The fourth-order valence-corrected chi connectivity index (χ4v) is 1.45. The van der Waals surface area contributed by atoms with Crippen LogP contribution in [-0.2, 0) is 4.79 Å². The molecule has 6 heteroatoms. The minimum absolute atomic E-state index is 0.0477. The van der Waals surface area contributed by atoms with Gasteiger partial charge in [0, 0.05) is 19.6 Å². The summed E-state index contributed by atoms with van der Waals surface area (Å²) >= 11 is 0. The van der Waals surface area contributed by atoms with Gasteiger partial charge in [-0.2, -0.15) is 0 Å². The minimum atomic E-state index is -2.53. The summed E-state index contributed by atoms with van der Waals surface area (Å²) in [5.74, 6) is -0.288. The fraction of sp³-hybridized carbons (Fsp3) is 0.583. The summed E-state index contributed by atoms with van der Waals surface area (Å²) in [5.41, 5.74) is 0. The maximum absolute atomic E-state index is 12.3. The van der Waals surface area contributed by atoms with Crippen LogP contribution in [0.15, 0.2) is 25.3 Å². The van der Waals surface area contributed by atoms with Crippen LogP contribution in [0.2, 0.25) is 0 Å². The Kier molecular flexibility index (Phi) is 9.04. The molecular formula is C12H20F2N2O2. The Bertz CT molecular complexity index is 263. The Morgan fingerprint density at radius 1 is 1.28 bits per heavy atom. The quantitative estimate of drug-likeness (QED) is 0.591. The molecule has 0 aliphatic rings. The molecule has 1 N–H and O–H groups in total. The summed E-state index contributed by atoms with van der Waals surface area (Å²) in [6.45, 7) is 6.85. The molecule has 4 nitrogen and oxygen atoms in total. The molecule has 0 bridgehead atoms. The lowest BCUT2D eigenvalue weighted by atomic mass is 10.3. The van der Waals surface area contributed by atoms with Gasteiger partial charge in [-0.15, -0.1) is 13.2 Å². The first-order valence-corrected chi connectivity index (χ1v) is 5.66. The first kappa shape index (κ1) is 16.7. The normalized spacial score (nSPS) is 10.7. The zero-order chi connectivity index (χ0) is 14.0. The third kappa shape index (κ3) is 7.13. The van der Waals surface area contributed by atoms with Crippen LogP contribution in [0, 0.1) is 0 Å². The SMILES string of the molecule is C=CCN(CC=C)C(=O)CN(CCO)CC(F)F. The Morgan fingerprint density at radius 2 is 1.83 bits per heavy atom. The van der Waals surface area contributed by atoms with Crippen molar-refractivity contribution in [2.24, 2.45) is 0 Å². The molecule has 0 saturated heterocycles. The van der Waals surface area contributed by atoms with Crippen LogP contribution in [-0.4, -0.2) is 66.6 Å². The van der Waals surface area contributed by atoms with Gasteiger partial charge in [0.25, 0.3) is 6.43 Å². The van der Waals surface area contributed by atoms with Crippen LogP contribution in [0.5, 0.6) is 0 Å². The lowest BCUT2D eigenvalue weighted by Crippen LogP contribution is -2.43. The molecule has 0 aliphatic carbocycles. The summed E-state index contributed by atoms with van der Waals surface area (Å²) < 4.78 is 24.6. The van der Waals surface area contributed by atoms with Crippen molar-refractivity contribution in [2.45, 2.75) is 6.43 Å². The number of aliphatic hydroxyl groups excluding tert-OH is 1. The zero-order valence-corrected chi connectivity index (χ0v) is 10.4. The van der Waals surface area contributed by atoms with E-state index in [9.17, 15) is 13.6 Å². The number of amides is 1. The summed E-state index contributed by atoms with van der Waals surface area (Å²) in [4.78, 5) is 14.5. The third-order valence-electron chi connectivity index (χ3n) is 2.22. The number of halogens is 2. The van der Waals surface area contributed by atoms with Gasteiger partial charge in [-0.1, -0.05) is 12.2 Å². The highest BCUT2D eigenvalue weighted by Gasteiger charge is 2.18. The average Bonchev–Trinajstić information content (AvgIpc) is 2.28. The van der Waals surface area contributed by atoms with Crippen LogP contribution in [0.4, 0.5) is 8.78 Å². The van der Waals surface area contributed by atoms with Crippen molar-refractivity contribution in [1.29, 1.82) is 0 Å². The smallest absolute Gasteiger partial charge is 0.251 e. The fourth-order valence-electron chi connectivity index (χ4n) is 1.45. The Labute approximate surface area is 106 Å². The van der Waals surface area contributed by atoms with Gasteiger partial charge in [0.1, 0.15) is 0 Å². The highest BCUT2D eigenvalue weighted by molar-refractivity contribution is 5.78. The maximum atomic E-state index is 12.3. The second kappa shape index (κ2) is 9.73. The molecule has 0 atom stereocenters. The summed E-state index contributed by atoms with van der Waals surface area (Å²) in [6, 6.07) is 0. The number of nitrogens with zero attached hydrogens (tertiary/aromatic N) is 2. The lowest BCUT2D eigenvalue weighted by molar-refractivity contribution is -0.131. The number of hydrogen-bond donors (Lipinski definition) is 1. The van der Waals surface area contributed by atoms with Gasteiger partial charge in [-0.3, -0.25) is 9.69 Å². The van der Waals surface area contributed by atoms with E-state index < -0.39 is 13.0 Å². The molecule has 0 aliphatic heterocycles. The van der Waals surface area contributed by atoms with E-state index in [0.717, 1.165) is 0 Å². The van der Waals surface area contributed by atoms with E-state index in [1.165, 1.54) is 9.80 Å². The van der Waals surface area contributed by atoms with E-state index in [-0.39, 0.29) is 25.6 Å². The number of hydrogen-bond acceptors (Lipinski definition) is 3.